The van der Waals surface area contributed by atoms with Crippen molar-refractivity contribution in [1.82, 2.24) is 19.9 Å². The largest absolute Gasteiger partial charge is 0.334 e. The third-order valence-electron chi connectivity index (χ3n) is 4.46. The molecule has 1 N–H and O–H groups in total. The lowest BCUT2D eigenvalue weighted by atomic mass is 10.2. The van der Waals surface area contributed by atoms with Crippen LogP contribution in [0, 0.1) is 0 Å². The normalized spacial score (nSPS) is 10.8. The Morgan fingerprint density at radius 2 is 1.80 bits per heavy atom. The number of amides is 2. The molecule has 0 spiro atoms. The van der Waals surface area contributed by atoms with Crippen molar-refractivity contribution in [1.29, 1.82) is 0 Å². The second kappa shape index (κ2) is 9.69. The Morgan fingerprint density at radius 3 is 2.50 bits per heavy atom. The molecule has 0 saturated heterocycles. The highest BCUT2D eigenvalue weighted by Crippen LogP contribution is 2.29. The van der Waals surface area contributed by atoms with E-state index in [1.54, 1.807) is 49.4 Å². The molecule has 0 atom stereocenters. The minimum atomic E-state index is -0.428. The van der Waals surface area contributed by atoms with Gasteiger partial charge >= 0.3 is 0 Å². The summed E-state index contributed by atoms with van der Waals surface area (Å²) in [6.07, 6.45) is 0.000889. The van der Waals surface area contributed by atoms with E-state index in [0.717, 1.165) is 4.68 Å². The molecular formula is C20H19Cl2N5O3. The lowest BCUT2D eigenvalue weighted by Gasteiger charge is -2.21. The van der Waals surface area contributed by atoms with Crippen LogP contribution in [0.4, 0.5) is 5.69 Å². The fourth-order valence-corrected chi connectivity index (χ4v) is 3.37. The van der Waals surface area contributed by atoms with Crippen LogP contribution in [-0.2, 0) is 16.1 Å². The number of rotatable bonds is 7. The molecule has 30 heavy (non-hydrogen) atoms. The molecule has 0 aliphatic carbocycles. The second-order valence-corrected chi connectivity index (χ2v) is 7.25. The predicted molar refractivity (Wildman–Crippen MR) is 116 cm³/mol. The fourth-order valence-electron chi connectivity index (χ4n) is 2.88. The summed E-state index contributed by atoms with van der Waals surface area (Å²) in [6, 6.07) is 11.7. The number of halogens is 2. The van der Waals surface area contributed by atoms with Gasteiger partial charge in [-0.25, -0.2) is 4.68 Å². The van der Waals surface area contributed by atoms with Crippen molar-refractivity contribution < 1.29 is 9.59 Å². The van der Waals surface area contributed by atoms with Gasteiger partial charge in [-0.2, -0.15) is 0 Å². The number of hydrogen-bond acceptors (Lipinski definition) is 5. The average Bonchev–Trinajstić information content (AvgIpc) is 2.74. The van der Waals surface area contributed by atoms with Gasteiger partial charge in [0.1, 0.15) is 5.52 Å². The molecule has 0 radical (unpaired) electrons. The first-order valence-corrected chi connectivity index (χ1v) is 10.0. The lowest BCUT2D eigenvalue weighted by molar-refractivity contribution is -0.134. The number of carbonyl (C=O) groups excluding carboxylic acids is 2. The van der Waals surface area contributed by atoms with E-state index in [1.165, 1.54) is 4.90 Å². The maximum absolute atomic E-state index is 12.6. The number of aromatic nitrogens is 3. The predicted octanol–water partition coefficient (Wildman–Crippen LogP) is 2.98. The van der Waals surface area contributed by atoms with Gasteiger partial charge in [-0.15, -0.1) is 5.10 Å². The molecule has 156 valence electrons. The molecule has 10 heteroatoms. The van der Waals surface area contributed by atoms with E-state index < -0.39 is 5.91 Å². The van der Waals surface area contributed by atoms with Crippen LogP contribution in [0.2, 0.25) is 10.0 Å². The number of anilines is 1. The van der Waals surface area contributed by atoms with Crippen LogP contribution in [0.5, 0.6) is 0 Å². The van der Waals surface area contributed by atoms with Crippen molar-refractivity contribution in [2.24, 2.45) is 0 Å². The van der Waals surface area contributed by atoms with Gasteiger partial charge in [0.05, 0.1) is 34.2 Å². The summed E-state index contributed by atoms with van der Waals surface area (Å²) in [6.45, 7) is 1.97. The van der Waals surface area contributed by atoms with Gasteiger partial charge in [-0.05, 0) is 31.2 Å². The van der Waals surface area contributed by atoms with Crippen LogP contribution in [-0.4, -0.2) is 44.8 Å². The molecule has 8 nitrogen and oxygen atoms in total. The first kappa shape index (κ1) is 21.7. The van der Waals surface area contributed by atoms with Crippen molar-refractivity contribution in [2.75, 3.05) is 18.4 Å². The number of likely N-dealkylation sites (N-methyl/N-ethyl adjacent to an activating group) is 1. The van der Waals surface area contributed by atoms with E-state index >= 15 is 0 Å². The van der Waals surface area contributed by atoms with Gasteiger partial charge < -0.3 is 10.2 Å². The number of aryl methyl sites for hydroxylation is 1. The van der Waals surface area contributed by atoms with Gasteiger partial charge in [0, 0.05) is 13.0 Å². The van der Waals surface area contributed by atoms with Gasteiger partial charge in [-0.1, -0.05) is 46.6 Å². The zero-order valence-electron chi connectivity index (χ0n) is 16.1. The molecule has 2 aromatic carbocycles. The molecule has 0 aliphatic heterocycles. The number of nitrogens with zero attached hydrogens (tertiary/aromatic N) is 4. The Bertz CT molecular complexity index is 1130. The van der Waals surface area contributed by atoms with Crippen LogP contribution in [0.3, 0.4) is 0 Å². The molecule has 0 aliphatic rings. The van der Waals surface area contributed by atoms with Crippen LogP contribution in [0.15, 0.2) is 47.3 Å². The summed E-state index contributed by atoms with van der Waals surface area (Å²) >= 11 is 12.1. The fraction of sp³-hybridized carbons (Fsp3) is 0.250. The first-order chi connectivity index (χ1) is 14.4. The van der Waals surface area contributed by atoms with Crippen molar-refractivity contribution in [3.05, 3.63) is 62.9 Å². The average molecular weight is 448 g/mol. The van der Waals surface area contributed by atoms with E-state index in [4.69, 9.17) is 23.2 Å². The van der Waals surface area contributed by atoms with Gasteiger partial charge in [0.2, 0.25) is 11.8 Å². The van der Waals surface area contributed by atoms with E-state index in [1.807, 2.05) is 0 Å². The van der Waals surface area contributed by atoms with E-state index in [9.17, 15) is 14.4 Å². The number of benzene rings is 2. The van der Waals surface area contributed by atoms with Crippen LogP contribution >= 0.6 is 23.2 Å². The van der Waals surface area contributed by atoms with Crippen molar-refractivity contribution in [2.45, 2.75) is 19.9 Å². The van der Waals surface area contributed by atoms with Crippen molar-refractivity contribution in [3.8, 4) is 0 Å². The number of hydrogen-bond donors (Lipinski definition) is 1. The van der Waals surface area contributed by atoms with Gasteiger partial charge in [-0.3, -0.25) is 14.4 Å². The maximum Gasteiger partial charge on any atom is 0.277 e. The smallest absolute Gasteiger partial charge is 0.277 e. The van der Waals surface area contributed by atoms with Crippen molar-refractivity contribution >= 4 is 51.6 Å². The number of nitrogens with one attached hydrogen (secondary N) is 1. The Labute approximate surface area is 182 Å². The molecule has 1 aromatic heterocycles. The monoisotopic (exact) mass is 447 g/mol. The lowest BCUT2D eigenvalue weighted by Crippen LogP contribution is -2.39. The third kappa shape index (κ3) is 4.95. The minimum Gasteiger partial charge on any atom is -0.334 e. The Hall–Kier alpha value is -2.97. The van der Waals surface area contributed by atoms with E-state index in [-0.39, 0.29) is 31.0 Å². The first-order valence-electron chi connectivity index (χ1n) is 9.25. The molecular weight excluding hydrogens is 429 g/mol. The van der Waals surface area contributed by atoms with Crippen LogP contribution in [0.1, 0.15) is 13.3 Å². The second-order valence-electron chi connectivity index (χ2n) is 6.44. The third-order valence-corrected chi connectivity index (χ3v) is 5.09. The standard InChI is InChI=1S/C20H19Cl2N5O3/c1-2-26(12-17(28)23-19-14(21)7-5-8-15(19)22)18(29)10-11-27-20(30)13-6-3-4-9-16(13)24-25-27/h3-9H,2,10-12H2,1H3,(H,23,28). The summed E-state index contributed by atoms with van der Waals surface area (Å²) < 4.78 is 1.15. The summed E-state index contributed by atoms with van der Waals surface area (Å²) in [5.74, 6) is -0.720. The Kier molecular flexibility index (Phi) is 7.02. The molecule has 0 unspecified atom stereocenters. The topological polar surface area (TPSA) is 97.2 Å². The highest BCUT2D eigenvalue weighted by molar-refractivity contribution is 6.39. The number of carbonyl (C=O) groups is 2. The highest BCUT2D eigenvalue weighted by Gasteiger charge is 2.18. The van der Waals surface area contributed by atoms with E-state index in [0.29, 0.717) is 33.2 Å². The summed E-state index contributed by atoms with van der Waals surface area (Å²) in [4.78, 5) is 38.8. The van der Waals surface area contributed by atoms with Gasteiger partial charge in [0.15, 0.2) is 0 Å². The zero-order chi connectivity index (χ0) is 21.7. The van der Waals surface area contributed by atoms with Gasteiger partial charge in [0.25, 0.3) is 5.56 Å². The maximum atomic E-state index is 12.6. The number of para-hydroxylation sites is 1. The molecule has 2 amide bonds. The molecule has 3 rings (SSSR count). The highest BCUT2D eigenvalue weighted by atomic mass is 35.5. The van der Waals surface area contributed by atoms with E-state index in [2.05, 4.69) is 15.6 Å². The summed E-state index contributed by atoms with van der Waals surface area (Å²) in [5, 5.41) is 11.5. The molecule has 0 saturated carbocycles. The molecule has 0 fully saturated rings. The van der Waals surface area contributed by atoms with Crippen LogP contribution in [0.25, 0.3) is 10.9 Å². The Morgan fingerprint density at radius 1 is 1.10 bits per heavy atom. The van der Waals surface area contributed by atoms with Crippen LogP contribution < -0.4 is 10.9 Å². The minimum absolute atomic E-state index is 0.000889. The quantitative estimate of drug-likeness (QED) is 0.600. The molecule has 3 aromatic rings. The molecule has 0 bridgehead atoms. The number of fused-ring (bicyclic) bond motifs is 1. The summed E-state index contributed by atoms with van der Waals surface area (Å²) in [7, 11) is 0. The SMILES string of the molecule is CCN(CC(=O)Nc1c(Cl)cccc1Cl)C(=O)CCn1nnc2ccccc2c1=O. The van der Waals surface area contributed by atoms with Crippen molar-refractivity contribution in [3.63, 3.8) is 0 Å². The molecule has 1 heterocycles. The summed E-state index contributed by atoms with van der Waals surface area (Å²) in [5.41, 5.74) is 0.477. The zero-order valence-corrected chi connectivity index (χ0v) is 17.7. The Balaban J connectivity index is 1.63.